The largest absolute Gasteiger partial charge is 0.506 e. The van der Waals surface area contributed by atoms with Crippen LogP contribution in [0, 0.1) is 0 Å². The number of rotatable bonds is 7. The lowest BCUT2D eigenvalue weighted by Crippen LogP contribution is -2.57. The normalized spacial score (nSPS) is 22.0. The van der Waals surface area contributed by atoms with Gasteiger partial charge in [0.15, 0.2) is 0 Å². The molecule has 7 nitrogen and oxygen atoms in total. The Morgan fingerprint density at radius 1 is 1.02 bits per heavy atom. The van der Waals surface area contributed by atoms with Crippen molar-refractivity contribution < 1.29 is 32.5 Å². The molecule has 13 heteroatoms. The summed E-state index contributed by atoms with van der Waals surface area (Å²) in [6, 6.07) is 7.73. The van der Waals surface area contributed by atoms with Crippen molar-refractivity contribution in [1.29, 1.82) is 0 Å². The van der Waals surface area contributed by atoms with Gasteiger partial charge in [-0.3, -0.25) is 14.6 Å². The van der Waals surface area contributed by atoms with E-state index in [1.54, 1.807) is 23.1 Å². The molecule has 2 heterocycles. The number of aromatic hydroxyl groups is 1. The molecule has 4 rings (SSSR count). The fourth-order valence-corrected chi connectivity index (χ4v) is 5.56. The number of amides is 1. The summed E-state index contributed by atoms with van der Waals surface area (Å²) in [6.07, 6.45) is -3.87. The van der Waals surface area contributed by atoms with Gasteiger partial charge in [0, 0.05) is 57.4 Å². The van der Waals surface area contributed by atoms with Crippen LogP contribution in [0.2, 0.25) is 5.02 Å². The zero-order chi connectivity index (χ0) is 28.3. The van der Waals surface area contributed by atoms with E-state index in [1.807, 2.05) is 0 Å². The van der Waals surface area contributed by atoms with Crippen LogP contribution in [0.5, 0.6) is 11.5 Å². The Labute approximate surface area is 256 Å². The third kappa shape index (κ3) is 9.27. The number of hydrogen-bond donors (Lipinski definition) is 1. The smallest absolute Gasteiger partial charge is 0.416 e. The predicted octanol–water partition coefficient (Wildman–Crippen LogP) is 5.39. The fraction of sp³-hybridized carbons (Fsp3) is 0.536. The van der Waals surface area contributed by atoms with Gasteiger partial charge in [0.2, 0.25) is 0 Å². The van der Waals surface area contributed by atoms with Gasteiger partial charge in [-0.2, -0.15) is 13.2 Å². The van der Waals surface area contributed by atoms with E-state index in [1.165, 1.54) is 13.2 Å². The lowest BCUT2D eigenvalue weighted by Gasteiger charge is -2.43. The highest BCUT2D eigenvalue weighted by atomic mass is 35.5. The molecule has 2 aromatic rings. The Kier molecular flexibility index (Phi) is 12.9. The quantitative estimate of drug-likeness (QED) is 0.437. The van der Waals surface area contributed by atoms with Gasteiger partial charge in [-0.15, -0.1) is 24.8 Å². The number of piperazine rings is 1. The second-order valence-corrected chi connectivity index (χ2v) is 10.8. The van der Waals surface area contributed by atoms with Crippen LogP contribution in [0.1, 0.15) is 35.3 Å². The summed E-state index contributed by atoms with van der Waals surface area (Å²) in [5.74, 6) is -0.573. The van der Waals surface area contributed by atoms with Gasteiger partial charge >= 0.3 is 6.18 Å². The van der Waals surface area contributed by atoms with Gasteiger partial charge in [-0.25, -0.2) is 0 Å². The maximum atomic E-state index is 13.6. The van der Waals surface area contributed by atoms with Gasteiger partial charge in [0.05, 0.1) is 29.9 Å². The first-order chi connectivity index (χ1) is 18.4. The zero-order valence-electron chi connectivity index (χ0n) is 23.2. The predicted molar refractivity (Wildman–Crippen MR) is 157 cm³/mol. The molecule has 2 saturated heterocycles. The van der Waals surface area contributed by atoms with Crippen molar-refractivity contribution in [3.8, 4) is 11.5 Å². The van der Waals surface area contributed by atoms with Gasteiger partial charge in [-0.05, 0) is 56.2 Å². The number of morpholine rings is 1. The molecule has 2 aromatic carbocycles. The molecule has 1 amide bonds. The zero-order valence-corrected chi connectivity index (χ0v) is 25.6. The summed E-state index contributed by atoms with van der Waals surface area (Å²) >= 11 is 5.98. The summed E-state index contributed by atoms with van der Waals surface area (Å²) in [5, 5.41) is 10.3. The lowest BCUT2D eigenvalue weighted by atomic mass is 9.99. The molecular formula is C28H37Cl3F3N3O4. The maximum Gasteiger partial charge on any atom is 0.416 e. The van der Waals surface area contributed by atoms with E-state index in [-0.39, 0.29) is 65.1 Å². The highest BCUT2D eigenvalue weighted by Crippen LogP contribution is 2.33. The van der Waals surface area contributed by atoms with Crippen LogP contribution in [0.25, 0.3) is 0 Å². The Balaban J connectivity index is 0.00000294. The summed E-state index contributed by atoms with van der Waals surface area (Å²) < 4.78 is 51.5. The molecule has 0 saturated carbocycles. The van der Waals surface area contributed by atoms with Crippen LogP contribution in [0.15, 0.2) is 36.4 Å². The van der Waals surface area contributed by atoms with Crippen LogP contribution in [-0.4, -0.2) is 96.9 Å². The highest BCUT2D eigenvalue weighted by molar-refractivity contribution is 6.32. The standard InChI is InChI=1S/C28H35ClF3N3O4.2ClH/c1-18-15-34(16-19(2)39-18)7-6-33-8-9-35(23(17-33)10-20-4-5-25(29)26(36)11-20)27(37)21-12-22(28(30,31)32)14-24(13-21)38-3;;/h4-5,11-14,18-19,23,36H,6-10,15-17H2,1-3H3;2*1H/t18?,19?,23-;;/m1../s1. The molecule has 1 N–H and O–H groups in total. The first-order valence-electron chi connectivity index (χ1n) is 13.1. The number of carbonyl (C=O) groups is 1. The van der Waals surface area contributed by atoms with E-state index in [0.717, 1.165) is 43.9 Å². The van der Waals surface area contributed by atoms with E-state index < -0.39 is 17.6 Å². The van der Waals surface area contributed by atoms with Gasteiger partial charge < -0.3 is 19.5 Å². The number of hydrogen-bond acceptors (Lipinski definition) is 6. The topological polar surface area (TPSA) is 65.5 Å². The van der Waals surface area contributed by atoms with Crippen molar-refractivity contribution >= 4 is 42.3 Å². The third-order valence-electron chi connectivity index (χ3n) is 7.25. The number of benzene rings is 2. The minimum absolute atomic E-state index is 0. The molecule has 2 fully saturated rings. The van der Waals surface area contributed by atoms with Crippen LogP contribution in [0.3, 0.4) is 0 Å². The van der Waals surface area contributed by atoms with Gasteiger partial charge in [-0.1, -0.05) is 17.7 Å². The van der Waals surface area contributed by atoms with Crippen LogP contribution in [0.4, 0.5) is 13.2 Å². The SMILES string of the molecule is COc1cc(C(=O)N2CCN(CCN3CC(C)OC(C)C3)C[C@H]2Cc2ccc(Cl)c(O)c2)cc(C(F)(F)F)c1.Cl.Cl. The number of carbonyl (C=O) groups excluding carboxylic acids is 1. The molecule has 0 radical (unpaired) electrons. The van der Waals surface area contributed by atoms with Crippen molar-refractivity contribution in [2.45, 2.75) is 44.7 Å². The second-order valence-electron chi connectivity index (χ2n) is 10.4. The molecule has 230 valence electrons. The molecule has 2 aliphatic heterocycles. The number of phenols is 1. The van der Waals surface area contributed by atoms with Crippen molar-refractivity contribution in [1.82, 2.24) is 14.7 Å². The summed E-state index contributed by atoms with van der Waals surface area (Å²) in [6.45, 7) is 8.98. The van der Waals surface area contributed by atoms with Crippen molar-refractivity contribution in [3.63, 3.8) is 0 Å². The molecule has 2 aliphatic rings. The van der Waals surface area contributed by atoms with Crippen molar-refractivity contribution in [2.24, 2.45) is 0 Å². The third-order valence-corrected chi connectivity index (χ3v) is 7.57. The Bertz CT molecular complexity index is 1160. The number of halogens is 6. The Hall–Kier alpha value is -1.95. The Morgan fingerprint density at radius 3 is 2.29 bits per heavy atom. The van der Waals surface area contributed by atoms with Crippen LogP contribution in [-0.2, 0) is 17.3 Å². The van der Waals surface area contributed by atoms with Gasteiger partial charge in [0.25, 0.3) is 5.91 Å². The average Bonchev–Trinajstić information content (AvgIpc) is 2.88. The molecule has 0 spiro atoms. The van der Waals surface area contributed by atoms with Crippen molar-refractivity contribution in [3.05, 3.63) is 58.1 Å². The van der Waals surface area contributed by atoms with E-state index in [9.17, 15) is 23.1 Å². The minimum atomic E-state index is -4.61. The maximum absolute atomic E-state index is 13.6. The Morgan fingerprint density at radius 2 is 1.68 bits per heavy atom. The summed E-state index contributed by atoms with van der Waals surface area (Å²) in [5.41, 5.74) is -0.230. The molecule has 0 aliphatic carbocycles. The van der Waals surface area contributed by atoms with E-state index in [2.05, 4.69) is 23.6 Å². The molecular weight excluding hydrogens is 606 g/mol. The number of phenolic OH excluding ortho intramolecular Hbond substituents is 1. The van der Waals surface area contributed by atoms with Crippen LogP contribution >= 0.6 is 36.4 Å². The van der Waals surface area contributed by atoms with E-state index in [4.69, 9.17) is 21.1 Å². The summed E-state index contributed by atoms with van der Waals surface area (Å²) in [4.78, 5) is 19.9. The molecule has 41 heavy (non-hydrogen) atoms. The molecule has 0 aromatic heterocycles. The monoisotopic (exact) mass is 641 g/mol. The van der Waals surface area contributed by atoms with E-state index >= 15 is 0 Å². The van der Waals surface area contributed by atoms with Gasteiger partial charge in [0.1, 0.15) is 11.5 Å². The first kappa shape index (κ1) is 35.2. The fourth-order valence-electron chi connectivity index (χ4n) is 5.44. The number of nitrogens with zero attached hydrogens (tertiary/aromatic N) is 3. The second kappa shape index (κ2) is 15.0. The summed E-state index contributed by atoms with van der Waals surface area (Å²) in [7, 11) is 1.27. The first-order valence-corrected chi connectivity index (χ1v) is 13.5. The average molecular weight is 643 g/mol. The van der Waals surface area contributed by atoms with Crippen molar-refractivity contribution in [2.75, 3.05) is 52.9 Å². The molecule has 3 atom stereocenters. The number of methoxy groups -OCH3 is 1. The number of ether oxygens (including phenoxy) is 2. The van der Waals surface area contributed by atoms with Crippen LogP contribution < -0.4 is 4.74 Å². The lowest BCUT2D eigenvalue weighted by molar-refractivity contribution is -0.137. The van der Waals surface area contributed by atoms with E-state index in [0.29, 0.717) is 26.1 Å². The minimum Gasteiger partial charge on any atom is -0.506 e. The highest BCUT2D eigenvalue weighted by Gasteiger charge is 2.35. The molecule has 2 unspecified atom stereocenters. The number of alkyl halides is 3. The molecule has 0 bridgehead atoms.